The predicted molar refractivity (Wildman–Crippen MR) is 66.2 cm³/mol. The molecule has 0 aromatic carbocycles. The molecule has 2 unspecified atom stereocenters. The molecule has 16 heavy (non-hydrogen) atoms. The van der Waals surface area contributed by atoms with Gasteiger partial charge in [-0.3, -0.25) is 4.79 Å². The molecular weight excluding hydrogens is 204 g/mol. The highest BCUT2D eigenvalue weighted by Gasteiger charge is 2.10. The van der Waals surface area contributed by atoms with Crippen molar-refractivity contribution in [1.29, 1.82) is 0 Å². The lowest BCUT2D eigenvalue weighted by Gasteiger charge is -2.15. The third-order valence-corrected chi connectivity index (χ3v) is 2.76. The number of methoxy groups -OCH3 is 1. The minimum Gasteiger partial charge on any atom is -0.383 e. The minimum atomic E-state index is 0.0899. The molecule has 4 nitrogen and oxygen atoms in total. The third kappa shape index (κ3) is 7.65. The van der Waals surface area contributed by atoms with E-state index >= 15 is 0 Å². The maximum atomic E-state index is 11.6. The number of amides is 1. The molecule has 96 valence electrons. The number of nitrogens with one attached hydrogen (secondary N) is 1. The minimum absolute atomic E-state index is 0.0899. The van der Waals surface area contributed by atoms with E-state index in [4.69, 9.17) is 10.5 Å². The van der Waals surface area contributed by atoms with Crippen LogP contribution in [0.1, 0.15) is 39.5 Å². The first-order valence-corrected chi connectivity index (χ1v) is 6.12. The quantitative estimate of drug-likeness (QED) is 0.627. The molecule has 2 atom stereocenters. The van der Waals surface area contributed by atoms with Gasteiger partial charge in [0.25, 0.3) is 0 Å². The van der Waals surface area contributed by atoms with Crippen molar-refractivity contribution in [2.24, 2.45) is 11.7 Å². The van der Waals surface area contributed by atoms with Crippen molar-refractivity contribution in [3.63, 3.8) is 0 Å². The number of carbonyl (C=O) groups excluding carboxylic acids is 1. The summed E-state index contributed by atoms with van der Waals surface area (Å²) in [4.78, 5) is 11.6. The van der Waals surface area contributed by atoms with E-state index in [9.17, 15) is 4.79 Å². The molecule has 0 aromatic heterocycles. The lowest BCUT2D eigenvalue weighted by Crippen LogP contribution is -2.35. The van der Waals surface area contributed by atoms with Gasteiger partial charge >= 0.3 is 0 Å². The van der Waals surface area contributed by atoms with Gasteiger partial charge in [0.15, 0.2) is 0 Å². The Hall–Kier alpha value is -0.610. The zero-order valence-electron chi connectivity index (χ0n) is 10.8. The second-order valence-corrected chi connectivity index (χ2v) is 4.31. The Kier molecular flexibility index (Phi) is 9.24. The number of rotatable bonds is 9. The Labute approximate surface area is 98.9 Å². The summed E-state index contributed by atoms with van der Waals surface area (Å²) in [5.74, 6) is 0.688. The van der Waals surface area contributed by atoms with Crippen LogP contribution in [0.5, 0.6) is 0 Å². The largest absolute Gasteiger partial charge is 0.383 e. The van der Waals surface area contributed by atoms with Crippen LogP contribution in [-0.2, 0) is 9.53 Å². The number of carbonyl (C=O) groups is 1. The monoisotopic (exact) mass is 230 g/mol. The van der Waals surface area contributed by atoms with E-state index < -0.39 is 0 Å². The summed E-state index contributed by atoms with van der Waals surface area (Å²) in [6.07, 6.45) is 3.63. The zero-order chi connectivity index (χ0) is 12.4. The van der Waals surface area contributed by atoms with Crippen LogP contribution in [0.2, 0.25) is 0 Å². The Balaban J connectivity index is 3.70. The van der Waals surface area contributed by atoms with Gasteiger partial charge in [-0.1, -0.05) is 13.3 Å². The molecule has 0 aliphatic heterocycles. The fraction of sp³-hybridized carbons (Fsp3) is 0.917. The van der Waals surface area contributed by atoms with E-state index in [2.05, 4.69) is 12.2 Å². The first-order chi connectivity index (χ1) is 7.63. The highest BCUT2D eigenvalue weighted by atomic mass is 16.5. The number of hydrogen-bond acceptors (Lipinski definition) is 3. The van der Waals surface area contributed by atoms with Crippen LogP contribution >= 0.6 is 0 Å². The standard InChI is InChI=1S/C12H26N2O2/c1-4-11(7-8-13)5-6-12(15)14-10(2)9-16-3/h10-11H,4-9,13H2,1-3H3,(H,14,15). The first kappa shape index (κ1) is 15.4. The maximum absolute atomic E-state index is 11.6. The van der Waals surface area contributed by atoms with Crippen molar-refractivity contribution in [1.82, 2.24) is 5.32 Å². The van der Waals surface area contributed by atoms with Crippen LogP contribution in [-0.4, -0.2) is 32.2 Å². The average molecular weight is 230 g/mol. The van der Waals surface area contributed by atoms with Crippen molar-refractivity contribution < 1.29 is 9.53 Å². The molecule has 0 saturated heterocycles. The van der Waals surface area contributed by atoms with Gasteiger partial charge in [0, 0.05) is 19.6 Å². The topological polar surface area (TPSA) is 64.4 Å². The molecule has 0 rings (SSSR count). The van der Waals surface area contributed by atoms with Crippen LogP contribution in [0, 0.1) is 5.92 Å². The molecule has 1 amide bonds. The predicted octanol–water partition coefficient (Wildman–Crippen LogP) is 1.29. The number of ether oxygens (including phenoxy) is 1. The lowest BCUT2D eigenvalue weighted by atomic mass is 9.96. The van der Waals surface area contributed by atoms with Gasteiger partial charge in [-0.05, 0) is 32.2 Å². The summed E-state index contributed by atoms with van der Waals surface area (Å²) >= 11 is 0. The molecule has 0 aliphatic carbocycles. The molecule has 0 heterocycles. The van der Waals surface area contributed by atoms with E-state index in [0.717, 1.165) is 19.3 Å². The van der Waals surface area contributed by atoms with E-state index in [1.54, 1.807) is 7.11 Å². The molecular formula is C12H26N2O2. The van der Waals surface area contributed by atoms with Gasteiger partial charge in [-0.2, -0.15) is 0 Å². The fourth-order valence-electron chi connectivity index (χ4n) is 1.76. The number of hydrogen-bond donors (Lipinski definition) is 2. The van der Waals surface area contributed by atoms with Crippen LogP contribution < -0.4 is 11.1 Å². The molecule has 3 N–H and O–H groups in total. The van der Waals surface area contributed by atoms with Crippen molar-refractivity contribution in [3.05, 3.63) is 0 Å². The summed E-state index contributed by atoms with van der Waals surface area (Å²) in [7, 11) is 1.64. The van der Waals surface area contributed by atoms with Gasteiger partial charge in [-0.25, -0.2) is 0 Å². The van der Waals surface area contributed by atoms with Crippen LogP contribution in [0.15, 0.2) is 0 Å². The van der Waals surface area contributed by atoms with Crippen LogP contribution in [0.3, 0.4) is 0 Å². The van der Waals surface area contributed by atoms with E-state index in [1.165, 1.54) is 0 Å². The average Bonchev–Trinajstić information content (AvgIpc) is 2.24. The highest BCUT2D eigenvalue weighted by Crippen LogP contribution is 2.14. The first-order valence-electron chi connectivity index (χ1n) is 6.12. The van der Waals surface area contributed by atoms with Crippen molar-refractivity contribution in [2.75, 3.05) is 20.3 Å². The van der Waals surface area contributed by atoms with Crippen LogP contribution in [0.4, 0.5) is 0 Å². The molecule has 4 heteroatoms. The van der Waals surface area contributed by atoms with Crippen molar-refractivity contribution in [3.8, 4) is 0 Å². The molecule has 0 bridgehead atoms. The zero-order valence-corrected chi connectivity index (χ0v) is 10.8. The Morgan fingerprint density at radius 3 is 2.62 bits per heavy atom. The summed E-state index contributed by atoms with van der Waals surface area (Å²) in [6, 6.07) is 0.0899. The number of nitrogens with two attached hydrogens (primary N) is 1. The normalized spacial score (nSPS) is 14.5. The van der Waals surface area contributed by atoms with Gasteiger partial charge in [0.2, 0.25) is 5.91 Å². The summed E-state index contributed by atoms with van der Waals surface area (Å²) in [6.45, 7) is 5.36. The van der Waals surface area contributed by atoms with E-state index in [-0.39, 0.29) is 11.9 Å². The van der Waals surface area contributed by atoms with Gasteiger partial charge in [0.05, 0.1) is 6.61 Å². The second kappa shape index (κ2) is 9.60. The summed E-state index contributed by atoms with van der Waals surface area (Å²) in [5, 5.41) is 2.91. The van der Waals surface area contributed by atoms with Gasteiger partial charge in [-0.15, -0.1) is 0 Å². The third-order valence-electron chi connectivity index (χ3n) is 2.76. The van der Waals surface area contributed by atoms with Crippen molar-refractivity contribution in [2.45, 2.75) is 45.6 Å². The molecule has 0 fully saturated rings. The fourth-order valence-corrected chi connectivity index (χ4v) is 1.76. The highest BCUT2D eigenvalue weighted by molar-refractivity contribution is 5.76. The summed E-state index contributed by atoms with van der Waals surface area (Å²) < 4.78 is 4.96. The van der Waals surface area contributed by atoms with Crippen molar-refractivity contribution >= 4 is 5.91 Å². The lowest BCUT2D eigenvalue weighted by molar-refractivity contribution is -0.122. The smallest absolute Gasteiger partial charge is 0.220 e. The van der Waals surface area contributed by atoms with Gasteiger partial charge < -0.3 is 15.8 Å². The SMILES string of the molecule is CCC(CCN)CCC(=O)NC(C)COC. The Morgan fingerprint density at radius 1 is 1.44 bits per heavy atom. The Morgan fingerprint density at radius 2 is 2.12 bits per heavy atom. The maximum Gasteiger partial charge on any atom is 0.220 e. The van der Waals surface area contributed by atoms with E-state index in [1.807, 2.05) is 6.92 Å². The summed E-state index contributed by atoms with van der Waals surface area (Å²) in [5.41, 5.74) is 5.51. The molecule has 0 aliphatic rings. The Bertz CT molecular complexity index is 186. The van der Waals surface area contributed by atoms with Gasteiger partial charge in [0.1, 0.15) is 0 Å². The molecule has 0 spiro atoms. The second-order valence-electron chi connectivity index (χ2n) is 4.31. The molecule has 0 aromatic rings. The molecule has 0 radical (unpaired) electrons. The van der Waals surface area contributed by atoms with Crippen LogP contribution in [0.25, 0.3) is 0 Å². The molecule has 0 saturated carbocycles. The van der Waals surface area contributed by atoms with E-state index in [0.29, 0.717) is 25.5 Å².